The molecule has 0 bridgehead atoms. The van der Waals surface area contributed by atoms with Gasteiger partial charge >= 0.3 is 0 Å². The van der Waals surface area contributed by atoms with Gasteiger partial charge in [-0.3, -0.25) is 14.6 Å². The molecule has 10 heteroatoms. The molecule has 3 aromatic rings. The van der Waals surface area contributed by atoms with Crippen LogP contribution in [0.1, 0.15) is 71.0 Å². The van der Waals surface area contributed by atoms with Crippen LogP contribution in [-0.2, 0) is 26.2 Å². The van der Waals surface area contributed by atoms with Crippen LogP contribution in [0.5, 0.6) is 0 Å². The number of aldehydes is 1. The van der Waals surface area contributed by atoms with E-state index in [9.17, 15) is 14.4 Å². The number of pyridine rings is 2. The second-order valence-electron chi connectivity index (χ2n) is 12.2. The summed E-state index contributed by atoms with van der Waals surface area (Å²) in [6.45, 7) is 11.2. The van der Waals surface area contributed by atoms with Crippen molar-refractivity contribution in [1.29, 1.82) is 0 Å². The summed E-state index contributed by atoms with van der Waals surface area (Å²) < 4.78 is 11.2. The maximum Gasteiger partial charge on any atom is 0.253 e. The van der Waals surface area contributed by atoms with Crippen LogP contribution in [0.15, 0.2) is 35.3 Å². The fourth-order valence-corrected chi connectivity index (χ4v) is 6.74. The van der Waals surface area contributed by atoms with Gasteiger partial charge in [-0.2, -0.15) is 0 Å². The van der Waals surface area contributed by atoms with Gasteiger partial charge in [-0.05, 0) is 94.3 Å². The van der Waals surface area contributed by atoms with Crippen molar-refractivity contribution in [2.24, 2.45) is 0 Å². The standard InChI is InChI=1S/C35H45N5O5/c1-6-40(27-7-11-44-12-8-27)31-18-25(26-17-30(36-5)32(37-19-26)35(21-41)9-13-45-14-10-35)16-28(24(31)4)33(42)38-20-29-22(2)15-23(3)39-34(29)43/h15-19,21,27,36H,6-14,20H2,1-5H3,(H,38,42)(H,39,43). The molecular weight excluding hydrogens is 570 g/mol. The highest BCUT2D eigenvalue weighted by Gasteiger charge is 2.38. The first-order valence-electron chi connectivity index (χ1n) is 15.9. The van der Waals surface area contributed by atoms with E-state index in [2.05, 4.69) is 33.5 Å². The molecule has 2 saturated heterocycles. The third-order valence-electron chi connectivity index (χ3n) is 9.40. The zero-order valence-electron chi connectivity index (χ0n) is 27.0. The first-order chi connectivity index (χ1) is 21.7. The third-order valence-corrected chi connectivity index (χ3v) is 9.40. The minimum atomic E-state index is -0.702. The van der Waals surface area contributed by atoms with Crippen molar-refractivity contribution >= 4 is 23.6 Å². The fourth-order valence-electron chi connectivity index (χ4n) is 6.74. The molecule has 1 aromatic carbocycles. The lowest BCUT2D eigenvalue weighted by Gasteiger charge is -2.37. The Hall–Kier alpha value is -4.02. The SMILES string of the molecule is CCN(c1cc(-c2cnc(C3(C=O)CCOCC3)c(NC)c2)cc(C(=O)NCc2c(C)cc(C)[nH]c2=O)c1C)C1CCOCC1. The van der Waals surface area contributed by atoms with E-state index in [-0.39, 0.29) is 24.1 Å². The number of ether oxygens (including phenoxy) is 2. The Morgan fingerprint density at radius 3 is 2.42 bits per heavy atom. The van der Waals surface area contributed by atoms with Gasteiger partial charge in [0.2, 0.25) is 0 Å². The van der Waals surface area contributed by atoms with Crippen LogP contribution in [0.3, 0.4) is 0 Å². The molecule has 0 atom stereocenters. The number of H-pyrrole nitrogens is 1. The summed E-state index contributed by atoms with van der Waals surface area (Å²) in [6, 6.07) is 8.25. The number of rotatable bonds is 10. The van der Waals surface area contributed by atoms with Gasteiger partial charge < -0.3 is 34.8 Å². The van der Waals surface area contributed by atoms with E-state index in [1.165, 1.54) is 0 Å². The van der Waals surface area contributed by atoms with Crippen molar-refractivity contribution in [3.63, 3.8) is 0 Å². The summed E-state index contributed by atoms with van der Waals surface area (Å²) in [7, 11) is 1.83. The molecule has 2 fully saturated rings. The van der Waals surface area contributed by atoms with E-state index in [4.69, 9.17) is 14.5 Å². The normalized spacial score (nSPS) is 16.6. The number of nitrogens with zero attached hydrogens (tertiary/aromatic N) is 2. The number of benzene rings is 1. The Bertz CT molecular complexity index is 1600. The van der Waals surface area contributed by atoms with E-state index in [1.807, 2.05) is 46.0 Å². The van der Waals surface area contributed by atoms with Gasteiger partial charge in [0, 0.05) is 86.9 Å². The molecule has 3 N–H and O–H groups in total. The molecule has 2 aromatic heterocycles. The highest BCUT2D eigenvalue weighted by atomic mass is 16.5. The maximum atomic E-state index is 13.9. The molecule has 1 amide bonds. The smallest absolute Gasteiger partial charge is 0.253 e. The summed E-state index contributed by atoms with van der Waals surface area (Å²) in [5.41, 5.74) is 6.83. The molecule has 240 valence electrons. The van der Waals surface area contributed by atoms with Crippen LogP contribution in [0.4, 0.5) is 11.4 Å². The molecule has 5 rings (SSSR count). The molecule has 2 aliphatic heterocycles. The van der Waals surface area contributed by atoms with Gasteiger partial charge in [-0.15, -0.1) is 0 Å². The first kappa shape index (κ1) is 32.4. The predicted octanol–water partition coefficient (Wildman–Crippen LogP) is 4.59. The maximum absolute atomic E-state index is 13.9. The summed E-state index contributed by atoms with van der Waals surface area (Å²) >= 11 is 0. The molecule has 45 heavy (non-hydrogen) atoms. The summed E-state index contributed by atoms with van der Waals surface area (Å²) in [6.07, 6.45) is 5.79. The average molecular weight is 616 g/mol. The molecule has 0 spiro atoms. The Labute approximate surface area is 264 Å². The lowest BCUT2D eigenvalue weighted by atomic mass is 9.77. The van der Waals surface area contributed by atoms with Crippen molar-refractivity contribution in [2.45, 2.75) is 71.4 Å². The number of carbonyl (C=O) groups is 2. The van der Waals surface area contributed by atoms with Crippen molar-refractivity contribution in [2.75, 3.05) is 50.2 Å². The molecule has 10 nitrogen and oxygen atoms in total. The van der Waals surface area contributed by atoms with Crippen LogP contribution >= 0.6 is 0 Å². The summed E-state index contributed by atoms with van der Waals surface area (Å²) in [5, 5.41) is 6.28. The van der Waals surface area contributed by atoms with Crippen molar-refractivity contribution in [3.8, 4) is 11.1 Å². The quantitative estimate of drug-likeness (QED) is 0.283. The lowest BCUT2D eigenvalue weighted by Crippen LogP contribution is -2.40. The largest absolute Gasteiger partial charge is 0.387 e. The Balaban J connectivity index is 1.57. The van der Waals surface area contributed by atoms with E-state index < -0.39 is 5.41 Å². The number of hydrogen-bond acceptors (Lipinski definition) is 8. The number of aromatic nitrogens is 2. The number of hydrogen-bond donors (Lipinski definition) is 3. The zero-order chi connectivity index (χ0) is 32.1. The monoisotopic (exact) mass is 615 g/mol. The van der Waals surface area contributed by atoms with E-state index in [0.717, 1.165) is 65.0 Å². The van der Waals surface area contributed by atoms with Gasteiger partial charge in [-0.1, -0.05) is 0 Å². The third kappa shape index (κ3) is 6.67. The second-order valence-corrected chi connectivity index (χ2v) is 12.2. The number of nitrogens with one attached hydrogen (secondary N) is 3. The number of anilines is 2. The lowest BCUT2D eigenvalue weighted by molar-refractivity contribution is -0.116. The van der Waals surface area contributed by atoms with Crippen LogP contribution in [0.2, 0.25) is 0 Å². The van der Waals surface area contributed by atoms with Crippen LogP contribution in [0.25, 0.3) is 11.1 Å². The zero-order valence-corrected chi connectivity index (χ0v) is 27.0. The average Bonchev–Trinajstić information content (AvgIpc) is 3.05. The second kappa shape index (κ2) is 14.0. The molecule has 2 aliphatic rings. The fraction of sp³-hybridized carbons (Fsp3) is 0.486. The summed E-state index contributed by atoms with van der Waals surface area (Å²) in [5.74, 6) is -0.251. The van der Waals surface area contributed by atoms with Gasteiger partial charge in [0.05, 0.1) is 16.8 Å². The van der Waals surface area contributed by atoms with Gasteiger partial charge in [-0.25, -0.2) is 0 Å². The minimum Gasteiger partial charge on any atom is -0.387 e. The number of amides is 1. The molecular formula is C35H45N5O5. The first-order valence-corrected chi connectivity index (χ1v) is 15.9. The minimum absolute atomic E-state index is 0.119. The van der Waals surface area contributed by atoms with Crippen LogP contribution in [0, 0.1) is 20.8 Å². The van der Waals surface area contributed by atoms with Crippen LogP contribution < -0.4 is 21.1 Å². The Kier molecular flexibility index (Phi) is 10.0. The van der Waals surface area contributed by atoms with Crippen LogP contribution in [-0.4, -0.2) is 68.2 Å². The molecule has 0 unspecified atom stereocenters. The van der Waals surface area contributed by atoms with Crippen molar-refractivity contribution in [3.05, 3.63) is 74.5 Å². The topological polar surface area (TPSA) is 126 Å². The van der Waals surface area contributed by atoms with Gasteiger partial charge in [0.1, 0.15) is 6.29 Å². The predicted molar refractivity (Wildman–Crippen MR) is 176 cm³/mol. The van der Waals surface area contributed by atoms with Crippen molar-refractivity contribution in [1.82, 2.24) is 15.3 Å². The number of carbonyl (C=O) groups excluding carboxylic acids is 2. The number of aromatic amines is 1. The van der Waals surface area contributed by atoms with E-state index in [1.54, 1.807) is 6.20 Å². The van der Waals surface area contributed by atoms with Gasteiger partial charge in [0.15, 0.2) is 0 Å². The number of aryl methyl sites for hydroxylation is 2. The Morgan fingerprint density at radius 1 is 1.07 bits per heavy atom. The molecule has 0 radical (unpaired) electrons. The summed E-state index contributed by atoms with van der Waals surface area (Å²) in [4.78, 5) is 49.0. The molecule has 0 saturated carbocycles. The van der Waals surface area contributed by atoms with Crippen molar-refractivity contribution < 1.29 is 19.1 Å². The molecule has 4 heterocycles. The Morgan fingerprint density at radius 2 is 1.78 bits per heavy atom. The highest BCUT2D eigenvalue weighted by Crippen LogP contribution is 2.39. The van der Waals surface area contributed by atoms with E-state index >= 15 is 0 Å². The van der Waals surface area contributed by atoms with Gasteiger partial charge in [0.25, 0.3) is 11.5 Å². The molecule has 0 aliphatic carbocycles. The van der Waals surface area contributed by atoms with E-state index in [0.29, 0.717) is 56.1 Å². The highest BCUT2D eigenvalue weighted by molar-refractivity contribution is 5.99.